The molecule has 0 bridgehead atoms. The van der Waals surface area contributed by atoms with Crippen molar-refractivity contribution in [3.63, 3.8) is 0 Å². The van der Waals surface area contributed by atoms with Crippen molar-refractivity contribution in [3.8, 4) is 5.75 Å². The number of nitrogens with one attached hydrogen (secondary N) is 2. The second-order valence-corrected chi connectivity index (χ2v) is 6.30. The lowest BCUT2D eigenvalue weighted by Gasteiger charge is -2.14. The van der Waals surface area contributed by atoms with Gasteiger partial charge in [0.1, 0.15) is 11.3 Å². The maximum absolute atomic E-state index is 12.6. The van der Waals surface area contributed by atoms with Gasteiger partial charge in [-0.15, -0.1) is 0 Å². The highest BCUT2D eigenvalue weighted by Gasteiger charge is 2.21. The van der Waals surface area contributed by atoms with Crippen LogP contribution in [-0.2, 0) is 0 Å². The Bertz CT molecular complexity index is 1020. The number of furan rings is 1. The number of nitrogens with zero attached hydrogens (tertiary/aromatic N) is 1. The summed E-state index contributed by atoms with van der Waals surface area (Å²) >= 11 is 0. The topological polar surface area (TPSA) is 83.8 Å². The number of carbonyl (C=O) groups excluding carboxylic acids is 2. The number of methoxy groups -OCH3 is 1. The summed E-state index contributed by atoms with van der Waals surface area (Å²) in [6.07, 6.45) is 0. The lowest BCUT2D eigenvalue weighted by atomic mass is 10.1. The van der Waals surface area contributed by atoms with E-state index in [1.807, 2.05) is 13.0 Å². The average Bonchev–Trinajstić information content (AvgIpc) is 3.25. The van der Waals surface area contributed by atoms with Crippen LogP contribution in [0.3, 0.4) is 0 Å². The molecule has 27 heavy (non-hydrogen) atoms. The van der Waals surface area contributed by atoms with Gasteiger partial charge in [0.05, 0.1) is 7.11 Å². The molecule has 7 nitrogen and oxygen atoms in total. The van der Waals surface area contributed by atoms with Gasteiger partial charge in [-0.3, -0.25) is 9.69 Å². The van der Waals surface area contributed by atoms with Crippen LogP contribution in [0.4, 0.5) is 16.2 Å². The monoisotopic (exact) mass is 365 g/mol. The molecular formula is C20H19N3O4. The van der Waals surface area contributed by atoms with E-state index in [2.05, 4.69) is 10.6 Å². The molecule has 7 heteroatoms. The third kappa shape index (κ3) is 3.08. The smallest absolute Gasteiger partial charge is 0.321 e. The molecule has 1 aromatic heterocycles. The average molecular weight is 365 g/mol. The summed E-state index contributed by atoms with van der Waals surface area (Å²) in [5, 5.41) is 6.44. The van der Waals surface area contributed by atoms with Crippen LogP contribution in [0, 0.1) is 6.92 Å². The van der Waals surface area contributed by atoms with Gasteiger partial charge in [0.25, 0.3) is 5.91 Å². The van der Waals surface area contributed by atoms with Crippen molar-refractivity contribution in [3.05, 3.63) is 53.8 Å². The summed E-state index contributed by atoms with van der Waals surface area (Å²) < 4.78 is 11.0. The van der Waals surface area contributed by atoms with Crippen molar-refractivity contribution in [2.75, 3.05) is 30.4 Å². The minimum absolute atomic E-state index is 0.111. The quantitative estimate of drug-likeness (QED) is 0.741. The van der Waals surface area contributed by atoms with E-state index in [1.54, 1.807) is 48.4 Å². The van der Waals surface area contributed by atoms with E-state index in [0.29, 0.717) is 30.1 Å². The number of amides is 3. The second-order valence-electron chi connectivity index (χ2n) is 6.30. The molecule has 1 fully saturated rings. The number of benzene rings is 2. The van der Waals surface area contributed by atoms with Gasteiger partial charge >= 0.3 is 6.03 Å². The molecule has 1 saturated heterocycles. The molecule has 0 saturated carbocycles. The van der Waals surface area contributed by atoms with E-state index in [9.17, 15) is 9.59 Å². The fourth-order valence-corrected chi connectivity index (χ4v) is 3.17. The second kappa shape index (κ2) is 6.68. The van der Waals surface area contributed by atoms with Crippen LogP contribution >= 0.6 is 0 Å². The van der Waals surface area contributed by atoms with Crippen LogP contribution < -0.4 is 20.3 Å². The van der Waals surface area contributed by atoms with Crippen molar-refractivity contribution in [1.82, 2.24) is 5.32 Å². The summed E-state index contributed by atoms with van der Waals surface area (Å²) in [5.74, 6) is 0.649. The van der Waals surface area contributed by atoms with Crippen LogP contribution in [0.5, 0.6) is 5.75 Å². The van der Waals surface area contributed by atoms with Gasteiger partial charge in [-0.25, -0.2) is 4.79 Å². The minimum Gasteiger partial charge on any atom is -0.497 e. The number of rotatable bonds is 4. The van der Waals surface area contributed by atoms with Crippen LogP contribution in [0.2, 0.25) is 0 Å². The molecular weight excluding hydrogens is 346 g/mol. The zero-order valence-electron chi connectivity index (χ0n) is 15.0. The summed E-state index contributed by atoms with van der Waals surface area (Å²) in [7, 11) is 1.60. The molecule has 0 aliphatic carbocycles. The molecule has 1 aliphatic rings. The van der Waals surface area contributed by atoms with Gasteiger partial charge in [0.15, 0.2) is 5.76 Å². The molecule has 0 spiro atoms. The fraction of sp³-hybridized carbons (Fsp3) is 0.200. The summed E-state index contributed by atoms with van der Waals surface area (Å²) in [5.41, 5.74) is 2.80. The number of aryl methyl sites for hydroxylation is 1. The highest BCUT2D eigenvalue weighted by Crippen LogP contribution is 2.29. The Hall–Kier alpha value is -3.48. The van der Waals surface area contributed by atoms with Crippen molar-refractivity contribution < 1.29 is 18.7 Å². The molecule has 0 radical (unpaired) electrons. The SMILES string of the molecule is COc1ccc2oc(C(=O)Nc3ccc(N4CCNC4=O)cc3)c(C)c2c1. The number of carbonyl (C=O) groups is 2. The van der Waals surface area contributed by atoms with E-state index in [-0.39, 0.29) is 17.7 Å². The Kier molecular flexibility index (Phi) is 4.19. The number of fused-ring (bicyclic) bond motifs is 1. The molecule has 2 heterocycles. The van der Waals surface area contributed by atoms with E-state index in [1.165, 1.54) is 0 Å². The molecule has 0 atom stereocenters. The maximum Gasteiger partial charge on any atom is 0.321 e. The zero-order valence-corrected chi connectivity index (χ0v) is 15.0. The molecule has 2 N–H and O–H groups in total. The Morgan fingerprint density at radius 1 is 1.22 bits per heavy atom. The molecule has 2 aromatic carbocycles. The van der Waals surface area contributed by atoms with Gasteiger partial charge in [0, 0.05) is 35.4 Å². The number of hydrogen-bond donors (Lipinski definition) is 2. The van der Waals surface area contributed by atoms with E-state index < -0.39 is 0 Å². The van der Waals surface area contributed by atoms with Crippen molar-refractivity contribution in [1.29, 1.82) is 0 Å². The highest BCUT2D eigenvalue weighted by molar-refractivity contribution is 6.06. The van der Waals surface area contributed by atoms with Gasteiger partial charge in [-0.05, 0) is 49.4 Å². The van der Waals surface area contributed by atoms with Gasteiger partial charge in [-0.2, -0.15) is 0 Å². The Labute approximate surface area is 155 Å². The largest absolute Gasteiger partial charge is 0.497 e. The maximum atomic E-state index is 12.6. The highest BCUT2D eigenvalue weighted by atomic mass is 16.5. The predicted molar refractivity (Wildman–Crippen MR) is 103 cm³/mol. The minimum atomic E-state index is -0.325. The summed E-state index contributed by atoms with van der Waals surface area (Å²) in [6, 6.07) is 12.4. The Morgan fingerprint density at radius 3 is 2.67 bits per heavy atom. The Morgan fingerprint density at radius 2 is 2.00 bits per heavy atom. The third-order valence-electron chi connectivity index (χ3n) is 4.64. The first-order valence-corrected chi connectivity index (χ1v) is 8.61. The summed E-state index contributed by atoms with van der Waals surface area (Å²) in [4.78, 5) is 26.0. The standard InChI is InChI=1S/C20H19N3O4/c1-12-16-11-15(26-2)7-8-17(16)27-18(12)19(24)22-13-3-5-14(6-4-13)23-10-9-21-20(23)25/h3-8,11H,9-10H2,1-2H3,(H,21,25)(H,22,24). The zero-order chi connectivity index (χ0) is 19.0. The van der Waals surface area contributed by atoms with Crippen molar-refractivity contribution in [2.45, 2.75) is 6.92 Å². The first kappa shape index (κ1) is 17.0. The number of ether oxygens (including phenoxy) is 1. The fourth-order valence-electron chi connectivity index (χ4n) is 3.17. The molecule has 3 aromatic rings. The number of anilines is 2. The molecule has 4 rings (SSSR count). The first-order valence-electron chi connectivity index (χ1n) is 8.61. The van der Waals surface area contributed by atoms with E-state index in [4.69, 9.17) is 9.15 Å². The van der Waals surface area contributed by atoms with Crippen molar-refractivity contribution in [2.24, 2.45) is 0 Å². The van der Waals surface area contributed by atoms with Crippen LogP contribution in [0.25, 0.3) is 11.0 Å². The van der Waals surface area contributed by atoms with Gasteiger partial charge in [-0.1, -0.05) is 0 Å². The van der Waals surface area contributed by atoms with Crippen molar-refractivity contribution >= 4 is 34.3 Å². The normalized spacial score (nSPS) is 13.7. The summed E-state index contributed by atoms with van der Waals surface area (Å²) in [6.45, 7) is 3.11. The van der Waals surface area contributed by atoms with Gasteiger partial charge in [0.2, 0.25) is 0 Å². The predicted octanol–water partition coefficient (Wildman–Crippen LogP) is 3.53. The molecule has 0 unspecified atom stereocenters. The number of urea groups is 1. The van der Waals surface area contributed by atoms with Crippen LogP contribution in [-0.4, -0.2) is 32.1 Å². The van der Waals surface area contributed by atoms with Gasteiger partial charge < -0.3 is 19.8 Å². The third-order valence-corrected chi connectivity index (χ3v) is 4.64. The van der Waals surface area contributed by atoms with E-state index >= 15 is 0 Å². The number of hydrogen-bond acceptors (Lipinski definition) is 4. The van der Waals surface area contributed by atoms with E-state index in [0.717, 1.165) is 16.6 Å². The lowest BCUT2D eigenvalue weighted by molar-refractivity contribution is 0.0998. The Balaban J connectivity index is 1.54. The molecule has 138 valence electrons. The van der Waals surface area contributed by atoms with Crippen LogP contribution in [0.15, 0.2) is 46.9 Å². The first-order chi connectivity index (χ1) is 13.1. The molecule has 3 amide bonds. The molecule has 1 aliphatic heterocycles. The lowest BCUT2D eigenvalue weighted by Crippen LogP contribution is -2.27. The van der Waals surface area contributed by atoms with Crippen LogP contribution in [0.1, 0.15) is 16.1 Å².